The maximum Gasteiger partial charge on any atom is 0.150 e. The molecule has 9 nitrogen and oxygen atoms in total. The van der Waals surface area contributed by atoms with Gasteiger partial charge in [-0.1, -0.05) is 6.07 Å². The van der Waals surface area contributed by atoms with Crippen LogP contribution >= 0.6 is 0 Å². The van der Waals surface area contributed by atoms with Crippen LogP contribution in [0.4, 0.5) is 8.78 Å². The molecule has 0 radical (unpaired) electrons. The van der Waals surface area contributed by atoms with Crippen molar-refractivity contribution in [3.8, 4) is 5.75 Å². The zero-order chi connectivity index (χ0) is 23.1. The van der Waals surface area contributed by atoms with Gasteiger partial charge in [-0.2, -0.15) is 5.10 Å². The summed E-state index contributed by atoms with van der Waals surface area (Å²) in [7, 11) is 0. The number of ether oxygens (including phenoxy) is 1. The Kier molecular flexibility index (Phi) is 7.13. The third kappa shape index (κ3) is 5.86. The molecule has 32 heavy (non-hydrogen) atoms. The lowest BCUT2D eigenvalue weighted by molar-refractivity contribution is -0.0118. The first-order chi connectivity index (χ1) is 15.3. The fraction of sp³-hybridized carbons (Fsp3) is 0.190. The number of aromatic nitrogens is 3. The van der Waals surface area contributed by atoms with E-state index < -0.39 is 17.2 Å². The second kappa shape index (κ2) is 9.98. The monoisotopic (exact) mass is 444 g/mol. The summed E-state index contributed by atoms with van der Waals surface area (Å²) in [6.07, 6.45) is 4.65. The number of aldehydes is 1. The molecule has 5 N–H and O–H groups in total. The predicted molar refractivity (Wildman–Crippen MR) is 111 cm³/mol. The molecule has 0 aliphatic heterocycles. The Hall–Kier alpha value is -3.83. The molecule has 0 saturated carbocycles. The van der Waals surface area contributed by atoms with Gasteiger partial charge >= 0.3 is 0 Å². The molecule has 3 aromatic rings. The summed E-state index contributed by atoms with van der Waals surface area (Å²) >= 11 is 0. The second-order valence-electron chi connectivity index (χ2n) is 7.10. The number of nitrogens with zero attached hydrogens (tertiary/aromatic N) is 4. The van der Waals surface area contributed by atoms with Crippen LogP contribution in [-0.4, -0.2) is 44.3 Å². The van der Waals surface area contributed by atoms with Crippen molar-refractivity contribution in [3.63, 3.8) is 0 Å². The van der Waals surface area contributed by atoms with Gasteiger partial charge in [0.2, 0.25) is 0 Å². The summed E-state index contributed by atoms with van der Waals surface area (Å²) in [6, 6.07) is 9.29. The molecule has 0 bridgehead atoms. The average molecular weight is 444 g/mol. The molecule has 1 atom stereocenters. The van der Waals surface area contributed by atoms with Crippen molar-refractivity contribution in [3.05, 3.63) is 89.8 Å². The SMILES string of the molecule is N/C(=C\N(N)CC(O)(Cn1cncn1)c1ccc(F)cc1F)COc1ccc(C=O)cc1. The maximum atomic E-state index is 14.5. The molecule has 0 fully saturated rings. The Labute approximate surface area is 182 Å². The van der Waals surface area contributed by atoms with Crippen LogP contribution in [0.1, 0.15) is 15.9 Å². The summed E-state index contributed by atoms with van der Waals surface area (Å²) in [4.78, 5) is 14.5. The van der Waals surface area contributed by atoms with E-state index in [1.54, 1.807) is 24.3 Å². The third-order valence-corrected chi connectivity index (χ3v) is 4.52. The number of hydrogen-bond acceptors (Lipinski definition) is 8. The molecule has 0 saturated heterocycles. The Morgan fingerprint density at radius 2 is 2.00 bits per heavy atom. The number of hydrogen-bond donors (Lipinski definition) is 3. The van der Waals surface area contributed by atoms with E-state index in [-0.39, 0.29) is 31.0 Å². The van der Waals surface area contributed by atoms with E-state index in [1.165, 1.54) is 23.5 Å². The Morgan fingerprint density at radius 3 is 2.62 bits per heavy atom. The van der Waals surface area contributed by atoms with Gasteiger partial charge in [-0.05, 0) is 30.3 Å². The van der Waals surface area contributed by atoms with Gasteiger partial charge in [0.05, 0.1) is 18.8 Å². The number of halogens is 2. The lowest BCUT2D eigenvalue weighted by atomic mass is 9.92. The van der Waals surface area contributed by atoms with Crippen molar-refractivity contribution >= 4 is 6.29 Å². The Morgan fingerprint density at radius 1 is 1.25 bits per heavy atom. The lowest BCUT2D eigenvalue weighted by Crippen LogP contribution is -2.45. The molecule has 1 heterocycles. The molecule has 1 unspecified atom stereocenters. The average Bonchev–Trinajstić information content (AvgIpc) is 3.24. The number of carbonyl (C=O) groups is 1. The van der Waals surface area contributed by atoms with Gasteiger partial charge in [0.1, 0.15) is 48.5 Å². The van der Waals surface area contributed by atoms with Gasteiger partial charge in [-0.3, -0.25) is 4.79 Å². The molecule has 0 aliphatic carbocycles. The van der Waals surface area contributed by atoms with Crippen LogP contribution in [0, 0.1) is 11.6 Å². The zero-order valence-corrected chi connectivity index (χ0v) is 16.9. The van der Waals surface area contributed by atoms with Crippen LogP contribution in [-0.2, 0) is 12.1 Å². The van der Waals surface area contributed by atoms with Crippen molar-refractivity contribution in [2.45, 2.75) is 12.1 Å². The van der Waals surface area contributed by atoms with Gasteiger partial charge in [0.15, 0.2) is 0 Å². The fourth-order valence-electron chi connectivity index (χ4n) is 3.08. The largest absolute Gasteiger partial charge is 0.487 e. The molecule has 0 aliphatic rings. The van der Waals surface area contributed by atoms with Crippen molar-refractivity contribution in [1.29, 1.82) is 0 Å². The highest BCUT2D eigenvalue weighted by Gasteiger charge is 2.35. The van der Waals surface area contributed by atoms with Gasteiger partial charge in [-0.15, -0.1) is 0 Å². The van der Waals surface area contributed by atoms with Gasteiger partial charge in [0.25, 0.3) is 0 Å². The van der Waals surface area contributed by atoms with Crippen LogP contribution in [0.15, 0.2) is 67.0 Å². The highest BCUT2D eigenvalue weighted by Crippen LogP contribution is 2.27. The minimum atomic E-state index is -1.89. The summed E-state index contributed by atoms with van der Waals surface area (Å²) in [5.41, 5.74) is 4.62. The van der Waals surface area contributed by atoms with E-state index in [0.29, 0.717) is 17.4 Å². The first-order valence-electron chi connectivity index (χ1n) is 9.45. The van der Waals surface area contributed by atoms with Crippen molar-refractivity contribution in [1.82, 2.24) is 19.8 Å². The first kappa shape index (κ1) is 22.8. The number of rotatable bonds is 10. The smallest absolute Gasteiger partial charge is 0.150 e. The van der Waals surface area contributed by atoms with Gasteiger partial charge in [-0.25, -0.2) is 24.3 Å². The van der Waals surface area contributed by atoms with Crippen molar-refractivity contribution in [2.24, 2.45) is 11.6 Å². The highest BCUT2D eigenvalue weighted by atomic mass is 19.1. The number of hydrazine groups is 1. The lowest BCUT2D eigenvalue weighted by Gasteiger charge is -2.32. The minimum Gasteiger partial charge on any atom is -0.487 e. The number of nitrogens with two attached hydrogens (primary N) is 2. The van der Waals surface area contributed by atoms with Crippen LogP contribution in [0.5, 0.6) is 5.75 Å². The van der Waals surface area contributed by atoms with E-state index >= 15 is 0 Å². The number of carbonyl (C=O) groups excluding carboxylic acids is 1. The molecular weight excluding hydrogens is 422 g/mol. The minimum absolute atomic E-state index is 0.0272. The van der Waals surface area contributed by atoms with E-state index in [9.17, 15) is 18.7 Å². The van der Waals surface area contributed by atoms with Crippen LogP contribution < -0.4 is 16.3 Å². The number of benzene rings is 2. The van der Waals surface area contributed by atoms with Crippen LogP contribution in [0.25, 0.3) is 0 Å². The fourth-order valence-corrected chi connectivity index (χ4v) is 3.08. The molecule has 3 rings (SSSR count). The molecule has 1 aromatic heterocycles. The van der Waals surface area contributed by atoms with E-state index in [1.807, 2.05) is 0 Å². The van der Waals surface area contributed by atoms with Crippen molar-refractivity contribution in [2.75, 3.05) is 13.2 Å². The summed E-state index contributed by atoms with van der Waals surface area (Å²) in [6.45, 7) is -0.527. The Balaban J connectivity index is 1.73. The topological polar surface area (TPSA) is 133 Å². The molecule has 0 spiro atoms. The summed E-state index contributed by atoms with van der Waals surface area (Å²) < 4.78 is 34.7. The maximum absolute atomic E-state index is 14.5. The Bertz CT molecular complexity index is 1080. The van der Waals surface area contributed by atoms with E-state index in [4.69, 9.17) is 16.3 Å². The van der Waals surface area contributed by atoms with Crippen LogP contribution in [0.2, 0.25) is 0 Å². The number of aliphatic hydroxyl groups is 1. The standard InChI is InChI=1S/C21H22F2N6O3/c22-16-3-6-19(20(23)7-16)21(31,12-29-14-26-13-27-29)11-28(25)8-17(24)10-32-18-4-1-15(9-30)2-5-18/h1-9,13-14,31H,10-12,24-25H2/b17-8-. The second-order valence-corrected chi connectivity index (χ2v) is 7.10. The third-order valence-electron chi connectivity index (χ3n) is 4.52. The van der Waals surface area contributed by atoms with E-state index in [2.05, 4.69) is 10.1 Å². The summed E-state index contributed by atoms with van der Waals surface area (Å²) in [5, 5.41) is 16.3. The normalized spacial score (nSPS) is 13.4. The van der Waals surface area contributed by atoms with E-state index in [0.717, 1.165) is 23.4 Å². The van der Waals surface area contributed by atoms with Crippen molar-refractivity contribution < 1.29 is 23.4 Å². The van der Waals surface area contributed by atoms with Gasteiger partial charge in [0, 0.05) is 23.4 Å². The predicted octanol–water partition coefficient (Wildman–Crippen LogP) is 1.31. The molecule has 11 heteroatoms. The molecular formula is C21H22F2N6O3. The molecule has 0 amide bonds. The summed E-state index contributed by atoms with van der Waals surface area (Å²) in [5.74, 6) is 4.78. The zero-order valence-electron chi connectivity index (χ0n) is 16.9. The highest BCUT2D eigenvalue weighted by molar-refractivity contribution is 5.74. The van der Waals surface area contributed by atoms with Gasteiger partial charge < -0.3 is 20.6 Å². The molecule has 2 aromatic carbocycles. The van der Waals surface area contributed by atoms with Crippen LogP contribution in [0.3, 0.4) is 0 Å². The first-order valence-corrected chi connectivity index (χ1v) is 9.45. The quantitative estimate of drug-likeness (QED) is 0.242. The molecule has 168 valence electrons.